The molecule has 0 aliphatic carbocycles. The molecule has 1 aromatic heterocycles. The molecule has 3 rings (SSSR count). The SMILES string of the molecule is NC(=O)C1CCN(C(=O)C2CCN(C(=O)c3ccco3)CC2)CC1. The third kappa shape index (κ3) is 3.44. The molecule has 0 aromatic carbocycles. The predicted octanol–water partition coefficient (Wildman–Crippen LogP) is 0.856. The Kier molecular flexibility index (Phi) is 4.87. The Labute approximate surface area is 140 Å². The zero-order valence-corrected chi connectivity index (χ0v) is 13.6. The van der Waals surface area contributed by atoms with Crippen molar-refractivity contribution in [1.82, 2.24) is 9.80 Å². The molecule has 7 heteroatoms. The van der Waals surface area contributed by atoms with Crippen LogP contribution in [0.3, 0.4) is 0 Å². The Balaban J connectivity index is 1.49. The lowest BCUT2D eigenvalue weighted by Gasteiger charge is -2.36. The van der Waals surface area contributed by atoms with Gasteiger partial charge in [0, 0.05) is 38.0 Å². The van der Waals surface area contributed by atoms with Gasteiger partial charge in [0.25, 0.3) is 5.91 Å². The first kappa shape index (κ1) is 16.5. The van der Waals surface area contributed by atoms with Crippen molar-refractivity contribution in [3.05, 3.63) is 24.2 Å². The van der Waals surface area contributed by atoms with Crippen LogP contribution in [-0.2, 0) is 9.59 Å². The zero-order valence-electron chi connectivity index (χ0n) is 13.6. The molecule has 2 saturated heterocycles. The molecule has 2 aliphatic rings. The third-order valence-electron chi connectivity index (χ3n) is 5.07. The van der Waals surface area contributed by atoms with E-state index in [-0.39, 0.29) is 29.6 Å². The molecule has 0 spiro atoms. The summed E-state index contributed by atoms with van der Waals surface area (Å²) >= 11 is 0. The summed E-state index contributed by atoms with van der Waals surface area (Å²) in [5, 5.41) is 0. The zero-order chi connectivity index (χ0) is 17.1. The number of piperidine rings is 2. The Morgan fingerprint density at radius 2 is 1.54 bits per heavy atom. The summed E-state index contributed by atoms with van der Waals surface area (Å²) in [6.45, 7) is 2.32. The van der Waals surface area contributed by atoms with Crippen molar-refractivity contribution in [2.24, 2.45) is 17.6 Å². The van der Waals surface area contributed by atoms with E-state index in [0.29, 0.717) is 57.6 Å². The summed E-state index contributed by atoms with van der Waals surface area (Å²) in [7, 11) is 0. The predicted molar refractivity (Wildman–Crippen MR) is 85.8 cm³/mol. The van der Waals surface area contributed by atoms with E-state index in [1.165, 1.54) is 6.26 Å². The maximum absolute atomic E-state index is 12.6. The molecule has 7 nitrogen and oxygen atoms in total. The molecular formula is C17H23N3O4. The molecule has 24 heavy (non-hydrogen) atoms. The van der Waals surface area contributed by atoms with Gasteiger partial charge >= 0.3 is 0 Å². The molecule has 3 amide bonds. The summed E-state index contributed by atoms with van der Waals surface area (Å²) in [4.78, 5) is 39.6. The van der Waals surface area contributed by atoms with Gasteiger partial charge in [-0.05, 0) is 37.8 Å². The van der Waals surface area contributed by atoms with Gasteiger partial charge in [0.2, 0.25) is 11.8 Å². The van der Waals surface area contributed by atoms with Crippen molar-refractivity contribution in [2.45, 2.75) is 25.7 Å². The van der Waals surface area contributed by atoms with Gasteiger partial charge in [-0.15, -0.1) is 0 Å². The highest BCUT2D eigenvalue weighted by Gasteiger charge is 2.33. The first-order valence-electron chi connectivity index (χ1n) is 8.47. The van der Waals surface area contributed by atoms with E-state index in [2.05, 4.69) is 0 Å². The number of likely N-dealkylation sites (tertiary alicyclic amines) is 2. The third-order valence-corrected chi connectivity index (χ3v) is 5.07. The number of rotatable bonds is 3. The van der Waals surface area contributed by atoms with Crippen LogP contribution >= 0.6 is 0 Å². The lowest BCUT2D eigenvalue weighted by molar-refractivity contribution is -0.139. The number of nitrogens with two attached hydrogens (primary N) is 1. The Hall–Kier alpha value is -2.31. The van der Waals surface area contributed by atoms with Crippen LogP contribution in [0, 0.1) is 11.8 Å². The fourth-order valence-electron chi connectivity index (χ4n) is 3.53. The fourth-order valence-corrected chi connectivity index (χ4v) is 3.53. The van der Waals surface area contributed by atoms with Crippen molar-refractivity contribution < 1.29 is 18.8 Å². The van der Waals surface area contributed by atoms with Crippen LogP contribution < -0.4 is 5.73 Å². The lowest BCUT2D eigenvalue weighted by atomic mass is 9.91. The molecule has 0 atom stereocenters. The molecule has 0 saturated carbocycles. The smallest absolute Gasteiger partial charge is 0.289 e. The van der Waals surface area contributed by atoms with Crippen LogP contribution in [0.25, 0.3) is 0 Å². The van der Waals surface area contributed by atoms with E-state index in [9.17, 15) is 14.4 Å². The van der Waals surface area contributed by atoms with E-state index < -0.39 is 0 Å². The normalized spacial score (nSPS) is 20.2. The number of amides is 3. The van der Waals surface area contributed by atoms with Gasteiger partial charge in [0.05, 0.1) is 6.26 Å². The van der Waals surface area contributed by atoms with Gasteiger partial charge in [-0.2, -0.15) is 0 Å². The topological polar surface area (TPSA) is 96.9 Å². The van der Waals surface area contributed by atoms with E-state index in [4.69, 9.17) is 10.2 Å². The summed E-state index contributed by atoms with van der Waals surface area (Å²) in [5.74, 6) is -0.0612. The summed E-state index contributed by atoms with van der Waals surface area (Å²) in [5.41, 5.74) is 5.33. The van der Waals surface area contributed by atoms with Gasteiger partial charge in [0.15, 0.2) is 5.76 Å². The van der Waals surface area contributed by atoms with Crippen LogP contribution in [0.2, 0.25) is 0 Å². The quantitative estimate of drug-likeness (QED) is 0.887. The monoisotopic (exact) mass is 333 g/mol. The second-order valence-corrected chi connectivity index (χ2v) is 6.55. The van der Waals surface area contributed by atoms with Crippen molar-refractivity contribution in [3.63, 3.8) is 0 Å². The van der Waals surface area contributed by atoms with E-state index in [1.54, 1.807) is 17.0 Å². The van der Waals surface area contributed by atoms with Crippen LogP contribution in [0.1, 0.15) is 36.2 Å². The molecular weight excluding hydrogens is 310 g/mol. The molecule has 2 fully saturated rings. The summed E-state index contributed by atoms with van der Waals surface area (Å²) in [6.07, 6.45) is 4.12. The largest absolute Gasteiger partial charge is 0.459 e. The van der Waals surface area contributed by atoms with Crippen LogP contribution in [-0.4, -0.2) is 53.7 Å². The Bertz CT molecular complexity index is 597. The maximum atomic E-state index is 12.6. The Morgan fingerprint density at radius 1 is 0.958 bits per heavy atom. The van der Waals surface area contributed by atoms with E-state index in [1.807, 2.05) is 4.90 Å². The van der Waals surface area contributed by atoms with Crippen molar-refractivity contribution in [2.75, 3.05) is 26.2 Å². The number of primary amides is 1. The van der Waals surface area contributed by atoms with Gasteiger partial charge in [0.1, 0.15) is 0 Å². The molecule has 3 heterocycles. The molecule has 1 aromatic rings. The van der Waals surface area contributed by atoms with Crippen LogP contribution in [0.15, 0.2) is 22.8 Å². The molecule has 0 unspecified atom stereocenters. The second kappa shape index (κ2) is 7.07. The first-order chi connectivity index (χ1) is 11.6. The van der Waals surface area contributed by atoms with Crippen LogP contribution in [0.4, 0.5) is 0 Å². The van der Waals surface area contributed by atoms with Gasteiger partial charge < -0.3 is 20.0 Å². The molecule has 2 N–H and O–H groups in total. The van der Waals surface area contributed by atoms with E-state index >= 15 is 0 Å². The van der Waals surface area contributed by atoms with E-state index in [0.717, 1.165) is 0 Å². The second-order valence-electron chi connectivity index (χ2n) is 6.55. The minimum absolute atomic E-state index is 0.0456. The number of hydrogen-bond donors (Lipinski definition) is 1. The van der Waals surface area contributed by atoms with Crippen molar-refractivity contribution in [3.8, 4) is 0 Å². The van der Waals surface area contributed by atoms with Crippen molar-refractivity contribution >= 4 is 17.7 Å². The molecule has 0 radical (unpaired) electrons. The summed E-state index contributed by atoms with van der Waals surface area (Å²) in [6, 6.07) is 3.35. The molecule has 2 aliphatic heterocycles. The minimum Gasteiger partial charge on any atom is -0.459 e. The first-order valence-corrected chi connectivity index (χ1v) is 8.47. The van der Waals surface area contributed by atoms with Gasteiger partial charge in [-0.25, -0.2) is 0 Å². The highest BCUT2D eigenvalue weighted by atomic mass is 16.3. The standard InChI is InChI=1S/C17H23N3O4/c18-15(21)12-3-7-19(8-4-12)16(22)13-5-9-20(10-6-13)17(23)14-2-1-11-24-14/h1-2,11-13H,3-10H2,(H2,18,21). The fraction of sp³-hybridized carbons (Fsp3) is 0.588. The number of carbonyl (C=O) groups excluding carboxylic acids is 3. The molecule has 0 bridgehead atoms. The Morgan fingerprint density at radius 3 is 2.08 bits per heavy atom. The van der Waals surface area contributed by atoms with Crippen molar-refractivity contribution in [1.29, 1.82) is 0 Å². The molecule has 130 valence electrons. The van der Waals surface area contributed by atoms with Gasteiger partial charge in [-0.1, -0.05) is 0 Å². The average molecular weight is 333 g/mol. The summed E-state index contributed by atoms with van der Waals surface area (Å²) < 4.78 is 5.14. The van der Waals surface area contributed by atoms with Crippen LogP contribution in [0.5, 0.6) is 0 Å². The maximum Gasteiger partial charge on any atom is 0.289 e. The number of hydrogen-bond acceptors (Lipinski definition) is 4. The van der Waals surface area contributed by atoms with Gasteiger partial charge in [-0.3, -0.25) is 14.4 Å². The number of carbonyl (C=O) groups is 3. The minimum atomic E-state index is -0.271. The lowest BCUT2D eigenvalue weighted by Crippen LogP contribution is -2.47. The number of nitrogens with zero attached hydrogens (tertiary/aromatic N) is 2. The number of furan rings is 1. The average Bonchev–Trinajstić information content (AvgIpc) is 3.15. The highest BCUT2D eigenvalue weighted by molar-refractivity contribution is 5.91. The highest BCUT2D eigenvalue weighted by Crippen LogP contribution is 2.24.